The fraction of sp³-hybridized carbons (Fsp3) is 0.667. The molecule has 0 radical (unpaired) electrons. The van der Waals surface area contributed by atoms with Crippen molar-refractivity contribution in [2.75, 3.05) is 12.8 Å². The molecule has 0 saturated heterocycles. The highest BCUT2D eigenvalue weighted by molar-refractivity contribution is 5.90. The molecule has 1 saturated carbocycles. The number of nitrogens with two attached hydrogens (primary N) is 1. The molecule has 1 heterocycles. The first-order valence-electron chi connectivity index (χ1n) is 6.13. The summed E-state index contributed by atoms with van der Waals surface area (Å²) in [6.07, 6.45) is 4.27. The quantitative estimate of drug-likeness (QED) is 0.794. The monoisotopic (exact) mass is 237 g/mol. The number of esters is 1. The molecule has 1 aromatic heterocycles. The van der Waals surface area contributed by atoms with Crippen molar-refractivity contribution in [2.45, 2.75) is 45.1 Å². The summed E-state index contributed by atoms with van der Waals surface area (Å²) in [5.41, 5.74) is 7.37. The fourth-order valence-corrected chi connectivity index (χ4v) is 1.99. The molecule has 0 aromatic carbocycles. The molecular formula is C12H19N3O2. The van der Waals surface area contributed by atoms with Crippen LogP contribution in [0.1, 0.15) is 54.6 Å². The zero-order chi connectivity index (χ0) is 12.4. The number of carbonyl (C=O) groups excluding carboxylic acids is 1. The lowest BCUT2D eigenvalue weighted by molar-refractivity contribution is 0.0591. The minimum absolute atomic E-state index is 0.381. The SMILES string of the molecule is CCCCn1nc(C(=O)OC)c(C2CC2)c1N. The molecular weight excluding hydrogens is 218 g/mol. The normalized spacial score (nSPS) is 14.9. The van der Waals surface area contributed by atoms with E-state index in [0.29, 0.717) is 17.4 Å². The van der Waals surface area contributed by atoms with Crippen LogP contribution in [0.4, 0.5) is 5.82 Å². The van der Waals surface area contributed by atoms with Gasteiger partial charge in [0.25, 0.3) is 0 Å². The van der Waals surface area contributed by atoms with E-state index in [9.17, 15) is 4.79 Å². The summed E-state index contributed by atoms with van der Waals surface area (Å²) < 4.78 is 6.50. The van der Waals surface area contributed by atoms with Crippen LogP contribution in [0.25, 0.3) is 0 Å². The number of aromatic nitrogens is 2. The number of methoxy groups -OCH3 is 1. The second kappa shape index (κ2) is 4.77. The van der Waals surface area contributed by atoms with Crippen LogP contribution in [0.15, 0.2) is 0 Å². The van der Waals surface area contributed by atoms with Gasteiger partial charge in [0.05, 0.1) is 7.11 Å². The van der Waals surface area contributed by atoms with Crippen molar-refractivity contribution in [3.63, 3.8) is 0 Å². The number of aryl methyl sites for hydroxylation is 1. The number of ether oxygens (including phenoxy) is 1. The number of unbranched alkanes of at least 4 members (excludes halogenated alkanes) is 1. The largest absolute Gasteiger partial charge is 0.464 e. The Morgan fingerprint density at radius 2 is 2.29 bits per heavy atom. The molecule has 5 heteroatoms. The average Bonchev–Trinajstić information content (AvgIpc) is 3.11. The third kappa shape index (κ3) is 2.28. The molecule has 0 unspecified atom stereocenters. The van der Waals surface area contributed by atoms with Crippen LogP contribution >= 0.6 is 0 Å². The maximum atomic E-state index is 11.7. The van der Waals surface area contributed by atoms with Crippen molar-refractivity contribution in [3.8, 4) is 0 Å². The molecule has 0 amide bonds. The number of nitrogens with zero attached hydrogens (tertiary/aromatic N) is 2. The number of rotatable bonds is 5. The van der Waals surface area contributed by atoms with E-state index in [1.807, 2.05) is 0 Å². The van der Waals surface area contributed by atoms with E-state index in [2.05, 4.69) is 12.0 Å². The lowest BCUT2D eigenvalue weighted by Gasteiger charge is -2.02. The van der Waals surface area contributed by atoms with Gasteiger partial charge in [0.15, 0.2) is 5.69 Å². The Bertz CT molecular complexity index is 422. The van der Waals surface area contributed by atoms with Crippen LogP contribution in [-0.2, 0) is 11.3 Å². The number of carbonyl (C=O) groups is 1. The summed E-state index contributed by atoms with van der Waals surface area (Å²) in [5, 5.41) is 4.30. The standard InChI is InChI=1S/C12H19N3O2/c1-3-4-7-15-11(13)9(8-5-6-8)10(14-15)12(16)17-2/h8H,3-7,13H2,1-2H3. The fourth-order valence-electron chi connectivity index (χ4n) is 1.99. The van der Waals surface area contributed by atoms with Gasteiger partial charge >= 0.3 is 5.97 Å². The van der Waals surface area contributed by atoms with Gasteiger partial charge in [-0.1, -0.05) is 13.3 Å². The van der Waals surface area contributed by atoms with Gasteiger partial charge in [0, 0.05) is 12.1 Å². The van der Waals surface area contributed by atoms with Gasteiger partial charge in [0.2, 0.25) is 0 Å². The lowest BCUT2D eigenvalue weighted by atomic mass is 10.1. The van der Waals surface area contributed by atoms with Crippen LogP contribution in [0.5, 0.6) is 0 Å². The van der Waals surface area contributed by atoms with Crippen molar-refractivity contribution in [1.82, 2.24) is 9.78 Å². The van der Waals surface area contributed by atoms with Gasteiger partial charge < -0.3 is 10.5 Å². The summed E-state index contributed by atoms with van der Waals surface area (Å²) in [4.78, 5) is 11.7. The lowest BCUT2D eigenvalue weighted by Crippen LogP contribution is -2.07. The van der Waals surface area contributed by atoms with Crippen molar-refractivity contribution >= 4 is 11.8 Å². The molecule has 0 atom stereocenters. The number of hydrogen-bond donors (Lipinski definition) is 1. The summed E-state index contributed by atoms with van der Waals surface area (Å²) >= 11 is 0. The zero-order valence-electron chi connectivity index (χ0n) is 10.4. The molecule has 94 valence electrons. The van der Waals surface area contributed by atoms with Crippen LogP contribution in [-0.4, -0.2) is 22.9 Å². The van der Waals surface area contributed by atoms with Gasteiger partial charge in [0.1, 0.15) is 5.82 Å². The Balaban J connectivity index is 2.32. The number of hydrogen-bond acceptors (Lipinski definition) is 4. The van der Waals surface area contributed by atoms with Crippen molar-refractivity contribution in [3.05, 3.63) is 11.3 Å². The predicted octanol–water partition coefficient (Wildman–Crippen LogP) is 1.93. The molecule has 5 nitrogen and oxygen atoms in total. The van der Waals surface area contributed by atoms with Crippen LogP contribution < -0.4 is 5.73 Å². The van der Waals surface area contributed by atoms with Crippen LogP contribution in [0.2, 0.25) is 0 Å². The summed E-state index contributed by atoms with van der Waals surface area (Å²) in [6, 6.07) is 0. The Morgan fingerprint density at radius 3 is 2.82 bits per heavy atom. The van der Waals surface area contributed by atoms with Crippen molar-refractivity contribution in [2.24, 2.45) is 0 Å². The van der Waals surface area contributed by atoms with E-state index in [1.165, 1.54) is 7.11 Å². The Kier molecular flexibility index (Phi) is 3.36. The van der Waals surface area contributed by atoms with Gasteiger partial charge in [-0.3, -0.25) is 0 Å². The third-order valence-corrected chi connectivity index (χ3v) is 3.12. The summed E-state index contributed by atoms with van der Waals surface area (Å²) in [7, 11) is 1.38. The molecule has 2 N–H and O–H groups in total. The van der Waals surface area contributed by atoms with E-state index in [4.69, 9.17) is 10.5 Å². The smallest absolute Gasteiger partial charge is 0.358 e. The van der Waals surface area contributed by atoms with E-state index >= 15 is 0 Å². The minimum Gasteiger partial charge on any atom is -0.464 e. The van der Waals surface area contributed by atoms with E-state index < -0.39 is 0 Å². The molecule has 1 aromatic rings. The second-order valence-corrected chi connectivity index (χ2v) is 4.49. The predicted molar refractivity (Wildman–Crippen MR) is 64.9 cm³/mol. The van der Waals surface area contributed by atoms with Gasteiger partial charge in [-0.05, 0) is 25.2 Å². The first-order chi connectivity index (χ1) is 8.19. The topological polar surface area (TPSA) is 70.1 Å². The maximum Gasteiger partial charge on any atom is 0.358 e. The third-order valence-electron chi connectivity index (χ3n) is 3.12. The Labute approximate surface area is 101 Å². The Morgan fingerprint density at radius 1 is 1.59 bits per heavy atom. The van der Waals surface area contributed by atoms with Crippen LogP contribution in [0.3, 0.4) is 0 Å². The maximum absolute atomic E-state index is 11.7. The number of anilines is 1. The molecule has 1 aliphatic carbocycles. The molecule has 0 aliphatic heterocycles. The van der Waals surface area contributed by atoms with Crippen LogP contribution in [0, 0.1) is 0 Å². The minimum atomic E-state index is -0.381. The van der Waals surface area contributed by atoms with Crippen molar-refractivity contribution < 1.29 is 9.53 Å². The zero-order valence-corrected chi connectivity index (χ0v) is 10.4. The van der Waals surface area contributed by atoms with Gasteiger partial charge in [-0.2, -0.15) is 5.10 Å². The number of nitrogen functional groups attached to an aromatic ring is 1. The first kappa shape index (κ1) is 12.0. The van der Waals surface area contributed by atoms with Gasteiger partial charge in [-0.15, -0.1) is 0 Å². The molecule has 2 rings (SSSR count). The average molecular weight is 237 g/mol. The highest BCUT2D eigenvalue weighted by atomic mass is 16.5. The molecule has 1 aliphatic rings. The molecule has 0 spiro atoms. The highest BCUT2D eigenvalue weighted by Crippen LogP contribution is 2.44. The highest BCUT2D eigenvalue weighted by Gasteiger charge is 2.34. The molecule has 17 heavy (non-hydrogen) atoms. The van der Waals surface area contributed by atoms with Gasteiger partial charge in [-0.25, -0.2) is 9.48 Å². The van der Waals surface area contributed by atoms with E-state index in [-0.39, 0.29) is 5.97 Å². The Hall–Kier alpha value is -1.52. The summed E-state index contributed by atoms with van der Waals surface area (Å²) in [5.74, 6) is 0.662. The van der Waals surface area contributed by atoms with E-state index in [0.717, 1.165) is 37.8 Å². The molecule has 1 fully saturated rings. The summed E-state index contributed by atoms with van der Waals surface area (Å²) in [6.45, 7) is 2.88. The first-order valence-corrected chi connectivity index (χ1v) is 6.13. The molecule has 0 bridgehead atoms. The van der Waals surface area contributed by atoms with E-state index in [1.54, 1.807) is 4.68 Å². The van der Waals surface area contributed by atoms with Crippen molar-refractivity contribution in [1.29, 1.82) is 0 Å². The second-order valence-electron chi connectivity index (χ2n) is 4.49.